The fourth-order valence-electron chi connectivity index (χ4n) is 1.17. The Morgan fingerprint density at radius 3 is 2.06 bits per heavy atom. The van der Waals surface area contributed by atoms with E-state index in [4.69, 9.17) is 14.6 Å². The van der Waals surface area contributed by atoms with Crippen molar-refractivity contribution >= 4 is 6.16 Å². The molecule has 0 aromatic heterocycles. The minimum Gasteiger partial charge on any atom is -0.553 e. The van der Waals surface area contributed by atoms with E-state index in [0.717, 1.165) is 31.4 Å². The summed E-state index contributed by atoms with van der Waals surface area (Å²) in [6.45, 7) is 8.37. The van der Waals surface area contributed by atoms with E-state index in [9.17, 15) is 0 Å². The second kappa shape index (κ2) is 10.7. The molecule has 0 amide bonds. The number of methoxy groups -OCH3 is 1. The number of carboxylic acid groups (broad SMARTS) is 1. The molecular weight excluding hydrogens is 210 g/mol. The molecule has 0 aliphatic carbocycles. The number of carbonyl (C=O) groups excluding carboxylic acids is 1. The lowest BCUT2D eigenvalue weighted by Gasteiger charge is -2.28. The Morgan fingerprint density at radius 1 is 1.25 bits per heavy atom. The number of carbonyl (C=O) groups is 1. The summed E-state index contributed by atoms with van der Waals surface area (Å²) >= 11 is 0. The lowest BCUT2D eigenvalue weighted by Crippen LogP contribution is -2.42. The highest BCUT2D eigenvalue weighted by Crippen LogP contribution is 1.98. The third-order valence-electron chi connectivity index (χ3n) is 2.04. The molecular formula is C11H25NO4. The molecule has 0 bridgehead atoms. The number of likely N-dealkylation sites (N-methyl/N-ethyl adjacent to an activating group) is 1. The number of hydrogen-bond donors (Lipinski definition) is 0. The predicted molar refractivity (Wildman–Crippen MR) is 61.0 cm³/mol. The van der Waals surface area contributed by atoms with Gasteiger partial charge in [-0.1, -0.05) is 6.92 Å². The molecule has 5 heteroatoms. The Balaban J connectivity index is 0. The minimum absolute atomic E-state index is 0.839. The van der Waals surface area contributed by atoms with E-state index in [1.54, 1.807) is 0 Å². The van der Waals surface area contributed by atoms with Gasteiger partial charge in [0.25, 0.3) is 6.16 Å². The number of nitrogens with zero attached hydrogens (tertiary/aromatic N) is 1. The zero-order chi connectivity index (χ0) is 13.0. The highest BCUT2D eigenvalue weighted by molar-refractivity contribution is 5.53. The van der Waals surface area contributed by atoms with Crippen LogP contribution in [0.15, 0.2) is 0 Å². The molecule has 5 nitrogen and oxygen atoms in total. The molecule has 0 rings (SSSR count). The quantitative estimate of drug-likeness (QED) is 0.382. The molecule has 0 heterocycles. The smallest absolute Gasteiger partial charge is 0.251 e. The molecule has 0 unspecified atom stereocenters. The molecule has 0 aromatic rings. The number of hydrogen-bond acceptors (Lipinski definition) is 4. The Hall–Kier alpha value is -0.810. The Morgan fingerprint density at radius 2 is 1.75 bits per heavy atom. The monoisotopic (exact) mass is 235 g/mol. The van der Waals surface area contributed by atoms with Crippen LogP contribution in [0.3, 0.4) is 0 Å². The van der Waals surface area contributed by atoms with Gasteiger partial charge in [0, 0.05) is 13.7 Å². The van der Waals surface area contributed by atoms with Gasteiger partial charge in [-0.05, 0) is 13.3 Å². The normalized spacial score (nSPS) is 10.3. The fraction of sp³-hybridized carbons (Fsp3) is 0.909. The van der Waals surface area contributed by atoms with Crippen LogP contribution >= 0.6 is 0 Å². The van der Waals surface area contributed by atoms with Crippen molar-refractivity contribution < 1.29 is 23.9 Å². The van der Waals surface area contributed by atoms with Crippen molar-refractivity contribution in [2.45, 2.75) is 20.3 Å². The van der Waals surface area contributed by atoms with Crippen LogP contribution < -0.4 is 5.11 Å². The molecule has 0 atom stereocenters. The first-order valence-electron chi connectivity index (χ1n) is 5.54. The van der Waals surface area contributed by atoms with E-state index in [1.807, 2.05) is 6.92 Å². The van der Waals surface area contributed by atoms with E-state index in [0.29, 0.717) is 0 Å². The van der Waals surface area contributed by atoms with Crippen LogP contribution in [-0.4, -0.2) is 58.1 Å². The van der Waals surface area contributed by atoms with E-state index in [-0.39, 0.29) is 0 Å². The molecule has 0 fully saturated rings. The summed E-state index contributed by atoms with van der Waals surface area (Å²) in [4.78, 5) is 9.03. The van der Waals surface area contributed by atoms with Gasteiger partial charge in [0.15, 0.2) is 0 Å². The Bertz CT molecular complexity index is 171. The zero-order valence-electron chi connectivity index (χ0n) is 11.1. The third kappa shape index (κ3) is 15.7. The topological polar surface area (TPSA) is 58.6 Å². The van der Waals surface area contributed by atoms with Gasteiger partial charge in [0.05, 0.1) is 27.2 Å². The van der Waals surface area contributed by atoms with Gasteiger partial charge in [-0.2, -0.15) is 0 Å². The van der Waals surface area contributed by atoms with Crippen LogP contribution in [-0.2, 0) is 9.47 Å². The minimum atomic E-state index is -1.50. The largest absolute Gasteiger partial charge is 0.553 e. The van der Waals surface area contributed by atoms with Crippen molar-refractivity contribution in [2.75, 3.05) is 47.5 Å². The van der Waals surface area contributed by atoms with E-state index >= 15 is 0 Å². The molecule has 0 aliphatic rings. The SMILES string of the molecule is CCC[N+](C)(C)CCOCC.COC(=O)[O-]. The standard InChI is InChI=1S/C9H22NO.C2H4O3/c1-5-7-10(3,4)8-9-11-6-2;1-5-2(3)4/h5-9H2,1-4H3;1H3,(H,3,4)/q+1;/p-1. The van der Waals surface area contributed by atoms with Gasteiger partial charge in [-0.25, -0.2) is 0 Å². The first kappa shape index (κ1) is 17.6. The molecule has 0 spiro atoms. The number of quaternary nitrogens is 1. The first-order chi connectivity index (χ1) is 7.39. The van der Waals surface area contributed by atoms with Crippen molar-refractivity contribution in [1.82, 2.24) is 0 Å². The summed E-state index contributed by atoms with van der Waals surface area (Å²) in [6.07, 6.45) is -0.246. The maximum atomic E-state index is 9.03. The van der Waals surface area contributed by atoms with Crippen LogP contribution in [0.1, 0.15) is 20.3 Å². The molecule has 98 valence electrons. The molecule has 0 saturated carbocycles. The van der Waals surface area contributed by atoms with Crippen LogP contribution in [0.2, 0.25) is 0 Å². The fourth-order valence-corrected chi connectivity index (χ4v) is 1.17. The maximum absolute atomic E-state index is 9.03. The van der Waals surface area contributed by atoms with Gasteiger partial charge >= 0.3 is 0 Å². The average molecular weight is 235 g/mol. The van der Waals surface area contributed by atoms with Crippen LogP contribution in [0.25, 0.3) is 0 Å². The van der Waals surface area contributed by atoms with Crippen molar-refractivity contribution in [3.8, 4) is 0 Å². The van der Waals surface area contributed by atoms with Gasteiger partial charge in [-0.15, -0.1) is 0 Å². The molecule has 0 saturated heterocycles. The summed E-state index contributed by atoms with van der Waals surface area (Å²) in [6, 6.07) is 0. The van der Waals surface area contributed by atoms with Crippen molar-refractivity contribution in [3.63, 3.8) is 0 Å². The third-order valence-corrected chi connectivity index (χ3v) is 2.04. The predicted octanol–water partition coefficient (Wildman–Crippen LogP) is 0.485. The van der Waals surface area contributed by atoms with Crippen molar-refractivity contribution in [2.24, 2.45) is 0 Å². The molecule has 0 radical (unpaired) electrons. The summed E-state index contributed by atoms with van der Waals surface area (Å²) in [5.74, 6) is 0. The molecule has 0 aromatic carbocycles. The van der Waals surface area contributed by atoms with E-state index < -0.39 is 6.16 Å². The van der Waals surface area contributed by atoms with Crippen LogP contribution in [0, 0.1) is 0 Å². The summed E-state index contributed by atoms with van der Waals surface area (Å²) in [5, 5.41) is 9.03. The Kier molecular flexibility index (Phi) is 11.8. The average Bonchev–Trinajstić information content (AvgIpc) is 2.18. The highest BCUT2D eigenvalue weighted by atomic mass is 16.6. The van der Waals surface area contributed by atoms with Crippen molar-refractivity contribution in [3.05, 3.63) is 0 Å². The highest BCUT2D eigenvalue weighted by Gasteiger charge is 2.11. The first-order valence-corrected chi connectivity index (χ1v) is 5.54. The lowest BCUT2D eigenvalue weighted by molar-refractivity contribution is -0.890. The van der Waals surface area contributed by atoms with Crippen molar-refractivity contribution in [1.29, 1.82) is 0 Å². The molecule has 0 aliphatic heterocycles. The summed E-state index contributed by atoms with van der Waals surface area (Å²) < 4.78 is 9.94. The maximum Gasteiger partial charge on any atom is 0.251 e. The second-order valence-electron chi connectivity index (χ2n) is 4.03. The van der Waals surface area contributed by atoms with Gasteiger partial charge in [0.2, 0.25) is 0 Å². The van der Waals surface area contributed by atoms with Gasteiger partial charge in [0.1, 0.15) is 6.54 Å². The molecule has 16 heavy (non-hydrogen) atoms. The molecule has 0 N–H and O–H groups in total. The van der Waals surface area contributed by atoms with Crippen LogP contribution in [0.4, 0.5) is 4.79 Å². The summed E-state index contributed by atoms with van der Waals surface area (Å²) in [5.41, 5.74) is 0. The zero-order valence-corrected chi connectivity index (χ0v) is 11.1. The van der Waals surface area contributed by atoms with Crippen LogP contribution in [0.5, 0.6) is 0 Å². The van der Waals surface area contributed by atoms with E-state index in [2.05, 4.69) is 25.8 Å². The Labute approximate surface area is 98.5 Å². The van der Waals surface area contributed by atoms with E-state index in [1.165, 1.54) is 13.0 Å². The lowest BCUT2D eigenvalue weighted by atomic mass is 10.4. The second-order valence-corrected chi connectivity index (χ2v) is 4.03. The number of rotatable bonds is 6. The van der Waals surface area contributed by atoms with Gasteiger partial charge in [-0.3, -0.25) is 0 Å². The summed E-state index contributed by atoms with van der Waals surface area (Å²) in [7, 11) is 5.54. The number of ether oxygens (including phenoxy) is 2. The van der Waals surface area contributed by atoms with Gasteiger partial charge < -0.3 is 23.9 Å².